The molecule has 0 bridgehead atoms. The summed E-state index contributed by atoms with van der Waals surface area (Å²) in [6.07, 6.45) is 0. The number of hydrogen-bond acceptors (Lipinski definition) is 2. The fraction of sp³-hybridized carbons (Fsp3) is 0. The van der Waals surface area contributed by atoms with Crippen molar-refractivity contribution < 1.29 is 9.13 Å². The molecule has 0 heterocycles. The first-order valence-electron chi connectivity index (χ1n) is 5.24. The summed E-state index contributed by atoms with van der Waals surface area (Å²) in [5.74, 6) is 0.128. The number of benzene rings is 2. The van der Waals surface area contributed by atoms with Crippen molar-refractivity contribution in [3.63, 3.8) is 0 Å². The molecule has 0 radical (unpaired) electrons. The predicted molar refractivity (Wildman–Crippen MR) is 74.0 cm³/mol. The zero-order valence-corrected chi connectivity index (χ0v) is 11.1. The summed E-state index contributed by atoms with van der Waals surface area (Å²) < 4.78 is 18.5. The average molecular weight is 299 g/mol. The first-order chi connectivity index (χ1) is 8.97. The van der Waals surface area contributed by atoms with E-state index in [0.717, 1.165) is 0 Å². The lowest BCUT2D eigenvalue weighted by molar-refractivity contribution is 0.481. The molecule has 19 heavy (non-hydrogen) atoms. The molecule has 0 fully saturated rings. The van der Waals surface area contributed by atoms with Crippen LogP contribution in [0.2, 0.25) is 10.0 Å². The lowest BCUT2D eigenvalue weighted by atomic mass is 10.2. The number of hydrogen-bond donors (Lipinski definition) is 2. The Balaban J connectivity index is 2.28. The van der Waals surface area contributed by atoms with Gasteiger partial charge >= 0.3 is 0 Å². The van der Waals surface area contributed by atoms with Gasteiger partial charge in [-0.1, -0.05) is 23.2 Å². The molecule has 0 atom stereocenters. The maximum atomic E-state index is 13.0. The van der Waals surface area contributed by atoms with Gasteiger partial charge in [-0.3, -0.25) is 5.41 Å². The van der Waals surface area contributed by atoms with E-state index in [9.17, 15) is 4.39 Å². The molecule has 0 aliphatic rings. The van der Waals surface area contributed by atoms with Gasteiger partial charge in [0.25, 0.3) is 0 Å². The molecular weight excluding hydrogens is 290 g/mol. The van der Waals surface area contributed by atoms with Gasteiger partial charge < -0.3 is 10.5 Å². The maximum Gasteiger partial charge on any atom is 0.146 e. The topological polar surface area (TPSA) is 59.1 Å². The summed E-state index contributed by atoms with van der Waals surface area (Å²) in [4.78, 5) is 0. The minimum atomic E-state index is -0.521. The van der Waals surface area contributed by atoms with Crippen molar-refractivity contribution in [1.82, 2.24) is 0 Å². The molecular formula is C13H9Cl2FN2O. The van der Waals surface area contributed by atoms with E-state index in [1.807, 2.05) is 0 Å². The van der Waals surface area contributed by atoms with Crippen molar-refractivity contribution in [2.24, 2.45) is 5.73 Å². The smallest absolute Gasteiger partial charge is 0.146 e. The Labute approximate surface area is 119 Å². The Hall–Kier alpha value is -1.78. The number of rotatable bonds is 3. The molecule has 0 aromatic heterocycles. The van der Waals surface area contributed by atoms with E-state index < -0.39 is 5.82 Å². The number of halogens is 3. The summed E-state index contributed by atoms with van der Waals surface area (Å²) in [7, 11) is 0. The summed E-state index contributed by atoms with van der Waals surface area (Å²) in [6, 6.07) is 8.70. The molecule has 2 rings (SSSR count). The van der Waals surface area contributed by atoms with Gasteiger partial charge in [-0.15, -0.1) is 0 Å². The number of nitrogen functional groups attached to an aromatic ring is 1. The van der Waals surface area contributed by atoms with Gasteiger partial charge in [-0.05, 0) is 30.3 Å². The zero-order chi connectivity index (χ0) is 14.0. The van der Waals surface area contributed by atoms with E-state index in [2.05, 4.69) is 0 Å². The van der Waals surface area contributed by atoms with E-state index in [1.54, 1.807) is 12.1 Å². The van der Waals surface area contributed by atoms with E-state index in [-0.39, 0.29) is 10.9 Å². The molecule has 2 aromatic carbocycles. The Morgan fingerprint density at radius 2 is 1.84 bits per heavy atom. The summed E-state index contributed by atoms with van der Waals surface area (Å²) in [5.41, 5.74) is 5.84. The summed E-state index contributed by atoms with van der Waals surface area (Å²) >= 11 is 11.7. The third kappa shape index (κ3) is 3.16. The Kier molecular flexibility index (Phi) is 3.93. The van der Waals surface area contributed by atoms with Crippen molar-refractivity contribution in [1.29, 1.82) is 5.41 Å². The number of amidine groups is 1. The number of ether oxygens (including phenoxy) is 1. The highest BCUT2D eigenvalue weighted by Crippen LogP contribution is 2.31. The standard InChI is InChI=1S/C13H9Cl2FN2O/c14-9-6-8(2-3-11(9)16)19-12-4-1-7(13(17)18)5-10(12)15/h1-6H,(H3,17,18). The molecule has 0 spiro atoms. The first-order valence-corrected chi connectivity index (χ1v) is 6.00. The Morgan fingerprint density at radius 3 is 2.42 bits per heavy atom. The fourth-order valence-corrected chi connectivity index (χ4v) is 1.81. The highest BCUT2D eigenvalue weighted by atomic mass is 35.5. The second-order valence-corrected chi connectivity index (χ2v) is 4.55. The molecule has 0 saturated heterocycles. The van der Waals surface area contributed by atoms with Crippen LogP contribution in [0.4, 0.5) is 4.39 Å². The van der Waals surface area contributed by atoms with Gasteiger partial charge in [0.15, 0.2) is 0 Å². The second kappa shape index (κ2) is 5.47. The van der Waals surface area contributed by atoms with Crippen molar-refractivity contribution >= 4 is 29.0 Å². The third-order valence-corrected chi connectivity index (χ3v) is 2.95. The van der Waals surface area contributed by atoms with Crippen molar-refractivity contribution in [3.05, 3.63) is 57.8 Å². The summed E-state index contributed by atoms with van der Waals surface area (Å²) in [6.45, 7) is 0. The molecule has 0 unspecified atom stereocenters. The van der Waals surface area contributed by atoms with Crippen LogP contribution in [0.5, 0.6) is 11.5 Å². The van der Waals surface area contributed by atoms with Crippen molar-refractivity contribution in [3.8, 4) is 11.5 Å². The van der Waals surface area contributed by atoms with Crippen LogP contribution in [0, 0.1) is 11.2 Å². The van der Waals surface area contributed by atoms with Crippen molar-refractivity contribution in [2.75, 3.05) is 0 Å². The zero-order valence-electron chi connectivity index (χ0n) is 9.58. The largest absolute Gasteiger partial charge is 0.456 e. The SMILES string of the molecule is N=C(N)c1ccc(Oc2ccc(F)c(Cl)c2)c(Cl)c1. The summed E-state index contributed by atoms with van der Waals surface area (Å²) in [5, 5.41) is 7.56. The van der Waals surface area contributed by atoms with Crippen LogP contribution >= 0.6 is 23.2 Å². The molecule has 0 aliphatic carbocycles. The van der Waals surface area contributed by atoms with Crippen LogP contribution in [0.25, 0.3) is 0 Å². The van der Waals surface area contributed by atoms with E-state index in [4.69, 9.17) is 39.1 Å². The lowest BCUT2D eigenvalue weighted by Gasteiger charge is -2.09. The Morgan fingerprint density at radius 1 is 1.11 bits per heavy atom. The molecule has 0 aliphatic heterocycles. The monoisotopic (exact) mass is 298 g/mol. The maximum absolute atomic E-state index is 13.0. The van der Waals surface area contributed by atoms with Crippen LogP contribution in [-0.4, -0.2) is 5.84 Å². The molecule has 3 N–H and O–H groups in total. The predicted octanol–water partition coefficient (Wildman–Crippen LogP) is 4.21. The van der Waals surface area contributed by atoms with Gasteiger partial charge in [0.05, 0.1) is 10.0 Å². The van der Waals surface area contributed by atoms with E-state index in [0.29, 0.717) is 22.1 Å². The van der Waals surface area contributed by atoms with Gasteiger partial charge in [-0.2, -0.15) is 0 Å². The van der Waals surface area contributed by atoms with Gasteiger partial charge in [0, 0.05) is 11.6 Å². The molecule has 0 saturated carbocycles. The normalized spacial score (nSPS) is 10.3. The highest BCUT2D eigenvalue weighted by molar-refractivity contribution is 6.32. The van der Waals surface area contributed by atoms with Gasteiger partial charge in [0.2, 0.25) is 0 Å². The molecule has 2 aromatic rings. The van der Waals surface area contributed by atoms with Crippen LogP contribution in [-0.2, 0) is 0 Å². The quantitative estimate of drug-likeness (QED) is 0.659. The minimum absolute atomic E-state index is 0.0334. The van der Waals surface area contributed by atoms with Crippen LogP contribution in [0.3, 0.4) is 0 Å². The van der Waals surface area contributed by atoms with Crippen LogP contribution in [0.1, 0.15) is 5.56 Å². The first kappa shape index (κ1) is 13.6. The van der Waals surface area contributed by atoms with Gasteiger partial charge in [-0.25, -0.2) is 4.39 Å². The minimum Gasteiger partial charge on any atom is -0.456 e. The highest BCUT2D eigenvalue weighted by Gasteiger charge is 2.08. The third-order valence-electron chi connectivity index (χ3n) is 2.36. The average Bonchev–Trinajstić information content (AvgIpc) is 2.36. The molecule has 98 valence electrons. The van der Waals surface area contributed by atoms with E-state index in [1.165, 1.54) is 24.3 Å². The second-order valence-electron chi connectivity index (χ2n) is 3.74. The van der Waals surface area contributed by atoms with Crippen LogP contribution in [0.15, 0.2) is 36.4 Å². The fourth-order valence-electron chi connectivity index (χ4n) is 1.42. The van der Waals surface area contributed by atoms with E-state index >= 15 is 0 Å². The molecule has 6 heteroatoms. The number of nitrogens with two attached hydrogens (primary N) is 1. The number of nitrogens with one attached hydrogen (secondary N) is 1. The van der Waals surface area contributed by atoms with Crippen molar-refractivity contribution in [2.45, 2.75) is 0 Å². The van der Waals surface area contributed by atoms with Crippen LogP contribution < -0.4 is 10.5 Å². The molecule has 3 nitrogen and oxygen atoms in total. The lowest BCUT2D eigenvalue weighted by Crippen LogP contribution is -2.10. The molecule has 0 amide bonds. The van der Waals surface area contributed by atoms with Gasteiger partial charge in [0.1, 0.15) is 23.2 Å². The Bertz CT molecular complexity index is 647.